The van der Waals surface area contributed by atoms with Gasteiger partial charge in [-0.3, -0.25) is 0 Å². The van der Waals surface area contributed by atoms with Gasteiger partial charge in [-0.15, -0.1) is 0 Å². The van der Waals surface area contributed by atoms with Crippen molar-refractivity contribution in [1.82, 2.24) is 0 Å². The summed E-state index contributed by atoms with van der Waals surface area (Å²) in [6.45, 7) is 6.86. The molecule has 10 aromatic carbocycles. The molecule has 0 amide bonds. The third-order valence-electron chi connectivity index (χ3n) is 12.7. The summed E-state index contributed by atoms with van der Waals surface area (Å²) in [5.74, 6) is 0. The number of para-hydroxylation sites is 1. The maximum Gasteiger partial charge on any atom is 0.0618 e. The Morgan fingerprint density at radius 2 is 0.850 bits per heavy atom. The zero-order valence-electron chi connectivity index (χ0n) is 34.1. The highest BCUT2D eigenvalue weighted by Gasteiger charge is 2.35. The minimum Gasteiger partial charge on any atom is -0.310 e. The van der Waals surface area contributed by atoms with Crippen molar-refractivity contribution in [2.45, 2.75) is 26.2 Å². The molecular formula is C58H44N2. The molecule has 0 atom stereocenters. The molecule has 0 saturated heterocycles. The molecule has 0 fully saturated rings. The molecule has 0 unspecified atom stereocenters. The fourth-order valence-corrected chi connectivity index (χ4v) is 9.71. The predicted molar refractivity (Wildman–Crippen MR) is 256 cm³/mol. The van der Waals surface area contributed by atoms with Crippen molar-refractivity contribution in [3.05, 3.63) is 229 Å². The zero-order chi connectivity index (χ0) is 40.4. The smallest absolute Gasteiger partial charge is 0.0618 e. The molecular weight excluding hydrogens is 725 g/mol. The molecule has 0 radical (unpaired) electrons. The lowest BCUT2D eigenvalue weighted by Crippen LogP contribution is -2.16. The van der Waals surface area contributed by atoms with Crippen molar-refractivity contribution in [2.24, 2.45) is 0 Å². The summed E-state index contributed by atoms with van der Waals surface area (Å²) in [7, 11) is 0. The Labute approximate surface area is 352 Å². The van der Waals surface area contributed by atoms with Crippen molar-refractivity contribution >= 4 is 66.4 Å². The van der Waals surface area contributed by atoms with Gasteiger partial charge in [0.15, 0.2) is 0 Å². The van der Waals surface area contributed by atoms with Gasteiger partial charge in [0, 0.05) is 44.6 Å². The molecule has 0 saturated carbocycles. The molecule has 10 aromatic rings. The topological polar surface area (TPSA) is 6.48 Å². The average Bonchev–Trinajstić information content (AvgIpc) is 3.53. The quantitative estimate of drug-likeness (QED) is 0.149. The van der Waals surface area contributed by atoms with E-state index in [1.54, 1.807) is 0 Å². The summed E-state index contributed by atoms with van der Waals surface area (Å²) in [6, 6.07) is 78.1. The van der Waals surface area contributed by atoms with Crippen LogP contribution in [0.15, 0.2) is 212 Å². The second kappa shape index (κ2) is 14.1. The van der Waals surface area contributed by atoms with Crippen LogP contribution in [0.4, 0.5) is 34.1 Å². The fraction of sp³-hybridized carbons (Fsp3) is 0.0690. The highest BCUT2D eigenvalue weighted by Crippen LogP contribution is 2.52. The van der Waals surface area contributed by atoms with Crippen LogP contribution in [0.5, 0.6) is 0 Å². The van der Waals surface area contributed by atoms with Crippen molar-refractivity contribution in [2.75, 3.05) is 9.80 Å². The number of fused-ring (bicyclic) bond motifs is 6. The van der Waals surface area contributed by atoms with Gasteiger partial charge in [-0.1, -0.05) is 171 Å². The molecule has 0 N–H and O–H groups in total. The Bertz CT molecular complexity index is 3180. The molecule has 2 heteroatoms. The lowest BCUT2D eigenvalue weighted by molar-refractivity contribution is 0.660. The van der Waals surface area contributed by atoms with Crippen LogP contribution in [-0.2, 0) is 5.41 Å². The zero-order valence-corrected chi connectivity index (χ0v) is 34.1. The summed E-state index contributed by atoms with van der Waals surface area (Å²) in [5.41, 5.74) is 15.8. The third-order valence-corrected chi connectivity index (χ3v) is 12.7. The molecule has 286 valence electrons. The lowest BCUT2D eigenvalue weighted by Gasteiger charge is -2.30. The van der Waals surface area contributed by atoms with Gasteiger partial charge in [0.05, 0.1) is 5.69 Å². The van der Waals surface area contributed by atoms with Crippen molar-refractivity contribution in [3.63, 3.8) is 0 Å². The first-order valence-electron chi connectivity index (χ1n) is 20.9. The fourth-order valence-electron chi connectivity index (χ4n) is 9.71. The molecule has 0 aliphatic heterocycles. The van der Waals surface area contributed by atoms with Crippen LogP contribution in [-0.4, -0.2) is 0 Å². The summed E-state index contributed by atoms with van der Waals surface area (Å²) >= 11 is 0. The van der Waals surface area contributed by atoms with Crippen LogP contribution in [0.2, 0.25) is 0 Å². The monoisotopic (exact) mass is 768 g/mol. The van der Waals surface area contributed by atoms with Crippen molar-refractivity contribution in [3.8, 4) is 22.3 Å². The number of nitrogens with zero attached hydrogens (tertiary/aromatic N) is 2. The highest BCUT2D eigenvalue weighted by atomic mass is 15.1. The SMILES string of the molecule is Cc1ccc(N(c2ccc3ccccc3c2)c2c3ccccc3c(-c3ccc(N(c4ccccc4)c4ccc5c(c4)C(C)(C)c4ccccc4-5)cc3)c3ccccc23)cc1. The second-order valence-corrected chi connectivity index (χ2v) is 16.6. The van der Waals surface area contributed by atoms with Gasteiger partial charge in [-0.05, 0) is 123 Å². The Balaban J connectivity index is 1.08. The molecule has 0 aromatic heterocycles. The van der Waals surface area contributed by atoms with E-state index >= 15 is 0 Å². The van der Waals surface area contributed by atoms with Crippen LogP contribution >= 0.6 is 0 Å². The van der Waals surface area contributed by atoms with Crippen LogP contribution in [0.25, 0.3) is 54.6 Å². The molecule has 1 aliphatic carbocycles. The maximum atomic E-state index is 2.46. The predicted octanol–water partition coefficient (Wildman–Crippen LogP) is 16.4. The first-order valence-corrected chi connectivity index (χ1v) is 20.9. The van der Waals surface area contributed by atoms with Crippen LogP contribution in [0.3, 0.4) is 0 Å². The number of anilines is 6. The van der Waals surface area contributed by atoms with E-state index < -0.39 is 0 Å². The number of benzene rings is 10. The normalized spacial score (nSPS) is 12.7. The van der Waals surface area contributed by atoms with Gasteiger partial charge in [0.1, 0.15) is 0 Å². The van der Waals surface area contributed by atoms with E-state index in [9.17, 15) is 0 Å². The average molecular weight is 769 g/mol. The van der Waals surface area contributed by atoms with E-state index in [4.69, 9.17) is 0 Å². The van der Waals surface area contributed by atoms with Crippen molar-refractivity contribution < 1.29 is 0 Å². The van der Waals surface area contributed by atoms with E-state index in [0.29, 0.717) is 0 Å². The Hall–Kier alpha value is -7.42. The largest absolute Gasteiger partial charge is 0.310 e. The number of hydrogen-bond acceptors (Lipinski definition) is 2. The van der Waals surface area contributed by atoms with Gasteiger partial charge in [-0.25, -0.2) is 0 Å². The number of aryl methyl sites for hydroxylation is 1. The molecule has 0 bridgehead atoms. The van der Waals surface area contributed by atoms with Crippen LogP contribution < -0.4 is 9.80 Å². The van der Waals surface area contributed by atoms with Gasteiger partial charge in [0.2, 0.25) is 0 Å². The van der Waals surface area contributed by atoms with E-state index in [1.807, 2.05) is 0 Å². The molecule has 0 spiro atoms. The van der Waals surface area contributed by atoms with E-state index in [2.05, 4.69) is 243 Å². The van der Waals surface area contributed by atoms with Crippen LogP contribution in [0, 0.1) is 6.92 Å². The first kappa shape index (κ1) is 35.7. The van der Waals surface area contributed by atoms with Crippen LogP contribution in [0.1, 0.15) is 30.5 Å². The molecule has 2 nitrogen and oxygen atoms in total. The van der Waals surface area contributed by atoms with Crippen molar-refractivity contribution in [1.29, 1.82) is 0 Å². The Kier molecular flexibility index (Phi) is 8.42. The minimum atomic E-state index is -0.0915. The highest BCUT2D eigenvalue weighted by molar-refractivity contribution is 6.22. The van der Waals surface area contributed by atoms with Gasteiger partial charge < -0.3 is 9.80 Å². The maximum absolute atomic E-state index is 2.46. The second-order valence-electron chi connectivity index (χ2n) is 16.6. The third kappa shape index (κ3) is 5.79. The minimum absolute atomic E-state index is 0.0915. The van der Waals surface area contributed by atoms with E-state index in [-0.39, 0.29) is 5.41 Å². The Morgan fingerprint density at radius 1 is 0.350 bits per heavy atom. The Morgan fingerprint density at radius 3 is 1.57 bits per heavy atom. The lowest BCUT2D eigenvalue weighted by atomic mass is 9.82. The molecule has 11 rings (SSSR count). The van der Waals surface area contributed by atoms with Gasteiger partial charge in [-0.2, -0.15) is 0 Å². The molecule has 0 heterocycles. The van der Waals surface area contributed by atoms with E-state index in [1.165, 1.54) is 76.9 Å². The number of hydrogen-bond donors (Lipinski definition) is 0. The molecule has 1 aliphatic rings. The summed E-state index contributed by atoms with van der Waals surface area (Å²) in [6.07, 6.45) is 0. The first-order chi connectivity index (χ1) is 29.4. The molecule has 60 heavy (non-hydrogen) atoms. The van der Waals surface area contributed by atoms with Gasteiger partial charge in [0.25, 0.3) is 0 Å². The summed E-state index contributed by atoms with van der Waals surface area (Å²) in [5, 5.41) is 7.30. The van der Waals surface area contributed by atoms with Gasteiger partial charge >= 0.3 is 0 Å². The summed E-state index contributed by atoms with van der Waals surface area (Å²) in [4.78, 5) is 4.85. The standard InChI is InChI=1S/C58H44N2/c1-39-25-30-45(31-26-39)60(46-34-27-40-15-7-8-16-42(40)37-46)57-52-22-11-9-20-50(52)56(51-21-10-12-23-53(51)57)41-28-32-44(33-29-41)59(43-17-5-4-6-18-43)47-35-36-49-48-19-13-14-24-54(48)58(2,3)55(49)38-47/h4-38H,1-3H3. The summed E-state index contributed by atoms with van der Waals surface area (Å²) < 4.78 is 0. The number of rotatable bonds is 7. The van der Waals surface area contributed by atoms with E-state index in [0.717, 1.165) is 28.4 Å².